The Balaban J connectivity index is 2.68. The van der Waals surface area contributed by atoms with Gasteiger partial charge in [-0.3, -0.25) is 9.48 Å². The average Bonchev–Trinajstić information content (AvgIpc) is 2.56. The molecule has 0 atom stereocenters. The fourth-order valence-electron chi connectivity index (χ4n) is 1.51. The summed E-state index contributed by atoms with van der Waals surface area (Å²) < 4.78 is 1.70. The zero-order valence-electron chi connectivity index (χ0n) is 10.1. The van der Waals surface area contributed by atoms with Gasteiger partial charge in [0.15, 0.2) is 5.78 Å². The van der Waals surface area contributed by atoms with Gasteiger partial charge in [-0.1, -0.05) is 20.8 Å². The molecule has 0 amide bonds. The molecule has 0 radical (unpaired) electrons. The molecule has 0 aliphatic rings. The number of hydrogen-bond donors (Lipinski definition) is 0. The number of carbonyl (C=O) groups is 1. The number of carbonyl (C=O) groups excluding carboxylic acids is 1. The molecule has 0 aliphatic carbocycles. The number of aryl methyl sites for hydroxylation is 2. The Bertz CT molecular complexity index is 339. The molecule has 3 nitrogen and oxygen atoms in total. The summed E-state index contributed by atoms with van der Waals surface area (Å²) in [4.78, 5) is 11.8. The summed E-state index contributed by atoms with van der Waals surface area (Å²) in [6.07, 6.45) is 2.46. The number of ketones is 1. The van der Waals surface area contributed by atoms with Crippen molar-refractivity contribution in [1.82, 2.24) is 9.78 Å². The first kappa shape index (κ1) is 12.0. The quantitative estimate of drug-likeness (QED) is 0.697. The van der Waals surface area contributed by atoms with Crippen molar-refractivity contribution in [3.8, 4) is 0 Å². The molecule has 1 aromatic heterocycles. The van der Waals surface area contributed by atoms with E-state index in [1.54, 1.807) is 4.68 Å². The molecule has 84 valence electrons. The highest BCUT2D eigenvalue weighted by Gasteiger charge is 2.12. The molecular weight excluding hydrogens is 188 g/mol. The van der Waals surface area contributed by atoms with Crippen LogP contribution in [0.15, 0.2) is 6.07 Å². The first-order valence-corrected chi connectivity index (χ1v) is 5.60. The van der Waals surface area contributed by atoms with Crippen molar-refractivity contribution in [3.63, 3.8) is 0 Å². The molecule has 0 unspecified atom stereocenters. The third-order valence-corrected chi connectivity index (χ3v) is 2.53. The molecular formula is C12H20N2O. The Morgan fingerprint density at radius 1 is 1.53 bits per heavy atom. The topological polar surface area (TPSA) is 34.9 Å². The van der Waals surface area contributed by atoms with Gasteiger partial charge in [-0.05, 0) is 24.8 Å². The molecule has 0 bridgehead atoms. The van der Waals surface area contributed by atoms with Gasteiger partial charge >= 0.3 is 0 Å². The zero-order chi connectivity index (χ0) is 11.4. The van der Waals surface area contributed by atoms with Crippen molar-refractivity contribution in [2.45, 2.75) is 40.0 Å². The molecule has 1 rings (SSSR count). The van der Waals surface area contributed by atoms with Gasteiger partial charge in [0.2, 0.25) is 0 Å². The maximum Gasteiger partial charge on any atom is 0.180 e. The fraction of sp³-hybridized carbons (Fsp3) is 0.667. The SMILES string of the molecule is CCc1cc(C(=O)CCC(C)C)n(C)n1. The number of aromatic nitrogens is 2. The van der Waals surface area contributed by atoms with Crippen LogP contribution in [0.2, 0.25) is 0 Å². The lowest BCUT2D eigenvalue weighted by Gasteiger charge is -2.03. The van der Waals surface area contributed by atoms with E-state index in [2.05, 4.69) is 18.9 Å². The summed E-state index contributed by atoms with van der Waals surface area (Å²) in [5, 5.41) is 4.27. The number of Topliss-reactive ketones (excluding diaryl/α,β-unsaturated/α-hetero) is 1. The maximum atomic E-state index is 11.8. The Morgan fingerprint density at radius 2 is 2.20 bits per heavy atom. The average molecular weight is 208 g/mol. The predicted molar refractivity (Wildman–Crippen MR) is 61.0 cm³/mol. The third kappa shape index (κ3) is 3.18. The number of rotatable bonds is 5. The van der Waals surface area contributed by atoms with E-state index in [1.807, 2.05) is 20.0 Å². The van der Waals surface area contributed by atoms with Crippen molar-refractivity contribution in [3.05, 3.63) is 17.5 Å². The number of nitrogens with zero attached hydrogens (tertiary/aromatic N) is 2. The number of hydrogen-bond acceptors (Lipinski definition) is 2. The Morgan fingerprint density at radius 3 is 2.67 bits per heavy atom. The van der Waals surface area contributed by atoms with Crippen molar-refractivity contribution in [1.29, 1.82) is 0 Å². The predicted octanol–water partition coefficient (Wildman–Crippen LogP) is 2.60. The van der Waals surface area contributed by atoms with Gasteiger partial charge in [-0.25, -0.2) is 0 Å². The molecule has 1 heterocycles. The van der Waals surface area contributed by atoms with Gasteiger partial charge in [0.1, 0.15) is 5.69 Å². The van der Waals surface area contributed by atoms with E-state index < -0.39 is 0 Å². The fourth-order valence-corrected chi connectivity index (χ4v) is 1.51. The molecule has 0 saturated heterocycles. The minimum Gasteiger partial charge on any atom is -0.292 e. The van der Waals surface area contributed by atoms with Crippen molar-refractivity contribution < 1.29 is 4.79 Å². The van der Waals surface area contributed by atoms with E-state index in [9.17, 15) is 4.79 Å². The van der Waals surface area contributed by atoms with Crippen LogP contribution >= 0.6 is 0 Å². The monoisotopic (exact) mass is 208 g/mol. The summed E-state index contributed by atoms with van der Waals surface area (Å²) in [6, 6.07) is 1.91. The lowest BCUT2D eigenvalue weighted by atomic mass is 10.0. The lowest BCUT2D eigenvalue weighted by molar-refractivity contribution is 0.0966. The highest BCUT2D eigenvalue weighted by atomic mass is 16.1. The largest absolute Gasteiger partial charge is 0.292 e. The van der Waals surface area contributed by atoms with Gasteiger partial charge in [0.05, 0.1) is 5.69 Å². The summed E-state index contributed by atoms with van der Waals surface area (Å²) in [5.74, 6) is 0.784. The van der Waals surface area contributed by atoms with Crippen molar-refractivity contribution >= 4 is 5.78 Å². The van der Waals surface area contributed by atoms with Crippen LogP contribution in [-0.2, 0) is 13.5 Å². The molecule has 0 aromatic carbocycles. The Hall–Kier alpha value is -1.12. The Labute approximate surface area is 91.5 Å². The summed E-state index contributed by atoms with van der Waals surface area (Å²) in [6.45, 7) is 6.31. The summed E-state index contributed by atoms with van der Waals surface area (Å²) >= 11 is 0. The van der Waals surface area contributed by atoms with Crippen LogP contribution in [0.4, 0.5) is 0 Å². The minimum atomic E-state index is 0.207. The van der Waals surface area contributed by atoms with Crippen LogP contribution in [0, 0.1) is 5.92 Å². The van der Waals surface area contributed by atoms with Crippen molar-refractivity contribution in [2.75, 3.05) is 0 Å². The van der Waals surface area contributed by atoms with Crippen LogP contribution in [0.5, 0.6) is 0 Å². The summed E-state index contributed by atoms with van der Waals surface area (Å²) in [7, 11) is 1.84. The molecule has 0 spiro atoms. The first-order chi connectivity index (χ1) is 7.04. The van der Waals surface area contributed by atoms with Crippen LogP contribution in [-0.4, -0.2) is 15.6 Å². The van der Waals surface area contributed by atoms with Crippen LogP contribution in [0.25, 0.3) is 0 Å². The smallest absolute Gasteiger partial charge is 0.180 e. The lowest BCUT2D eigenvalue weighted by Crippen LogP contribution is -2.07. The third-order valence-electron chi connectivity index (χ3n) is 2.53. The second kappa shape index (κ2) is 5.10. The standard InChI is InChI=1S/C12H20N2O/c1-5-10-8-11(14(4)13-10)12(15)7-6-9(2)3/h8-9H,5-7H2,1-4H3. The minimum absolute atomic E-state index is 0.207. The molecule has 15 heavy (non-hydrogen) atoms. The van der Waals surface area contributed by atoms with E-state index in [0.29, 0.717) is 12.3 Å². The summed E-state index contributed by atoms with van der Waals surface area (Å²) in [5.41, 5.74) is 1.73. The molecule has 3 heteroatoms. The van der Waals surface area contributed by atoms with Gasteiger partial charge < -0.3 is 0 Å². The zero-order valence-corrected chi connectivity index (χ0v) is 10.1. The molecule has 0 N–H and O–H groups in total. The second-order valence-electron chi connectivity index (χ2n) is 4.35. The van der Waals surface area contributed by atoms with E-state index >= 15 is 0 Å². The van der Waals surface area contributed by atoms with E-state index in [0.717, 1.165) is 24.2 Å². The van der Waals surface area contributed by atoms with Crippen molar-refractivity contribution in [2.24, 2.45) is 13.0 Å². The molecule has 0 aliphatic heterocycles. The van der Waals surface area contributed by atoms with Gasteiger partial charge in [-0.15, -0.1) is 0 Å². The van der Waals surface area contributed by atoms with E-state index in [1.165, 1.54) is 0 Å². The van der Waals surface area contributed by atoms with E-state index in [4.69, 9.17) is 0 Å². The Kier molecular flexibility index (Phi) is 4.06. The first-order valence-electron chi connectivity index (χ1n) is 5.60. The van der Waals surface area contributed by atoms with Gasteiger partial charge in [0, 0.05) is 13.5 Å². The van der Waals surface area contributed by atoms with E-state index in [-0.39, 0.29) is 5.78 Å². The van der Waals surface area contributed by atoms with Crippen LogP contribution in [0.1, 0.15) is 49.8 Å². The second-order valence-corrected chi connectivity index (χ2v) is 4.35. The highest BCUT2D eigenvalue weighted by molar-refractivity contribution is 5.94. The van der Waals surface area contributed by atoms with Gasteiger partial charge in [-0.2, -0.15) is 5.10 Å². The highest BCUT2D eigenvalue weighted by Crippen LogP contribution is 2.11. The van der Waals surface area contributed by atoms with Gasteiger partial charge in [0.25, 0.3) is 0 Å². The molecule has 0 fully saturated rings. The maximum absolute atomic E-state index is 11.8. The van der Waals surface area contributed by atoms with Crippen LogP contribution < -0.4 is 0 Å². The normalized spacial score (nSPS) is 11.0. The molecule has 0 saturated carbocycles. The van der Waals surface area contributed by atoms with Crippen LogP contribution in [0.3, 0.4) is 0 Å². The molecule has 1 aromatic rings.